The highest BCUT2D eigenvalue weighted by atomic mass is 35.5. The first kappa shape index (κ1) is 22.4. The van der Waals surface area contributed by atoms with E-state index in [-0.39, 0.29) is 22.3 Å². The molecule has 0 unspecified atom stereocenters. The highest BCUT2D eigenvalue weighted by molar-refractivity contribution is 8.00. The number of carbonyl (C=O) groups is 1. The van der Waals surface area contributed by atoms with Crippen molar-refractivity contribution in [3.05, 3.63) is 65.2 Å². The van der Waals surface area contributed by atoms with Crippen LogP contribution in [0.2, 0.25) is 5.02 Å². The van der Waals surface area contributed by atoms with Crippen molar-refractivity contribution in [1.82, 2.24) is 14.3 Å². The Balaban J connectivity index is 1.50. The minimum atomic E-state index is -4.56. The van der Waals surface area contributed by atoms with Crippen LogP contribution < -0.4 is 5.32 Å². The van der Waals surface area contributed by atoms with E-state index in [1.165, 1.54) is 18.5 Å². The van der Waals surface area contributed by atoms with Crippen LogP contribution in [-0.2, 0) is 11.0 Å². The number of alkyl halides is 3. The molecule has 0 saturated carbocycles. The summed E-state index contributed by atoms with van der Waals surface area (Å²) in [6.07, 6.45) is -3.23. The molecule has 2 heterocycles. The maximum Gasteiger partial charge on any atom is 0.416 e. The fourth-order valence-corrected chi connectivity index (χ4v) is 4.64. The van der Waals surface area contributed by atoms with Gasteiger partial charge >= 0.3 is 6.18 Å². The smallest absolute Gasteiger partial charge is 0.324 e. The van der Waals surface area contributed by atoms with E-state index in [1.54, 1.807) is 12.1 Å². The van der Waals surface area contributed by atoms with Crippen LogP contribution in [0, 0.1) is 5.82 Å². The molecule has 4 aromatic rings. The molecule has 12 heteroatoms. The quantitative estimate of drug-likeness (QED) is 0.199. The molecular weight excluding hydrogens is 488 g/mol. The Morgan fingerprint density at radius 1 is 1.12 bits per heavy atom. The van der Waals surface area contributed by atoms with Crippen LogP contribution in [0.15, 0.2) is 53.8 Å². The highest BCUT2D eigenvalue weighted by Crippen LogP contribution is 2.36. The third-order valence-electron chi connectivity index (χ3n) is 4.25. The van der Waals surface area contributed by atoms with Crippen molar-refractivity contribution < 1.29 is 22.4 Å². The zero-order chi connectivity index (χ0) is 22.9. The molecule has 32 heavy (non-hydrogen) atoms. The molecule has 4 rings (SSSR count). The lowest BCUT2D eigenvalue weighted by Gasteiger charge is -2.11. The van der Waals surface area contributed by atoms with Gasteiger partial charge in [-0.2, -0.15) is 17.5 Å². The van der Waals surface area contributed by atoms with Gasteiger partial charge in [0.25, 0.3) is 0 Å². The molecule has 1 N–H and O–H groups in total. The van der Waals surface area contributed by atoms with Gasteiger partial charge in [-0.05, 0) is 54.0 Å². The lowest BCUT2D eigenvalue weighted by Crippen LogP contribution is -2.15. The Hall–Kier alpha value is -2.76. The second-order valence-corrected chi connectivity index (χ2v) is 8.57. The molecule has 2 aromatic carbocycles. The van der Waals surface area contributed by atoms with Gasteiger partial charge in [0, 0.05) is 5.56 Å². The van der Waals surface area contributed by atoms with Crippen LogP contribution in [0.25, 0.3) is 21.5 Å². The summed E-state index contributed by atoms with van der Waals surface area (Å²) >= 11 is 8.14. The molecular formula is C20H11ClF4N4OS2. The average molecular weight is 499 g/mol. The highest BCUT2D eigenvalue weighted by Gasteiger charge is 2.31. The van der Waals surface area contributed by atoms with Crippen molar-refractivity contribution in [2.75, 3.05) is 11.1 Å². The number of hydrogen-bond acceptors (Lipinski definition) is 6. The molecule has 0 radical (unpaired) electrons. The zero-order valence-corrected chi connectivity index (χ0v) is 18.2. The molecule has 5 nitrogen and oxygen atoms in total. The normalized spacial score (nSPS) is 11.7. The molecule has 2 aromatic heterocycles. The summed E-state index contributed by atoms with van der Waals surface area (Å²) in [4.78, 5) is 20.8. The van der Waals surface area contributed by atoms with Crippen molar-refractivity contribution in [2.45, 2.75) is 11.2 Å². The Bertz CT molecular complexity index is 1300. The van der Waals surface area contributed by atoms with Gasteiger partial charge in [-0.1, -0.05) is 23.4 Å². The van der Waals surface area contributed by atoms with Gasteiger partial charge in [0.1, 0.15) is 33.1 Å². The number of nitrogens with one attached hydrogen (secondary N) is 1. The number of amides is 1. The maximum absolute atomic E-state index is 13.2. The second kappa shape index (κ2) is 9.00. The Labute approximate surface area is 192 Å². The third kappa shape index (κ3) is 4.84. The van der Waals surface area contributed by atoms with Gasteiger partial charge in [-0.25, -0.2) is 14.4 Å². The SMILES string of the molecule is O=C(CSc1ncnc2c(-c3ccc(F)cc3)nsc12)Nc1cc(C(F)(F)F)ccc1Cl. The molecule has 0 aliphatic rings. The van der Waals surface area contributed by atoms with Crippen molar-refractivity contribution in [2.24, 2.45) is 0 Å². The van der Waals surface area contributed by atoms with E-state index in [4.69, 9.17) is 11.6 Å². The fourth-order valence-electron chi connectivity index (χ4n) is 2.76. The maximum atomic E-state index is 13.2. The Morgan fingerprint density at radius 2 is 1.88 bits per heavy atom. The minimum absolute atomic E-state index is 0.00725. The Morgan fingerprint density at radius 3 is 2.59 bits per heavy atom. The van der Waals surface area contributed by atoms with Crippen LogP contribution in [0.3, 0.4) is 0 Å². The summed E-state index contributed by atoms with van der Waals surface area (Å²) < 4.78 is 56.9. The largest absolute Gasteiger partial charge is 0.416 e. The van der Waals surface area contributed by atoms with Crippen molar-refractivity contribution >= 4 is 56.7 Å². The topological polar surface area (TPSA) is 67.8 Å². The van der Waals surface area contributed by atoms with Gasteiger partial charge in [0.05, 0.1) is 22.0 Å². The van der Waals surface area contributed by atoms with E-state index in [2.05, 4.69) is 19.7 Å². The van der Waals surface area contributed by atoms with E-state index in [0.717, 1.165) is 41.5 Å². The number of halogens is 5. The van der Waals surface area contributed by atoms with Crippen LogP contribution in [0.1, 0.15) is 5.56 Å². The number of aromatic nitrogens is 3. The standard InChI is InChI=1S/C20H11ClF4N4OS2/c21-13-6-3-11(20(23,24)25)7-14(13)28-15(30)8-31-19-18-17(26-9-27-19)16(29-32-18)10-1-4-12(22)5-2-10/h1-7,9H,8H2,(H,28,30). The van der Waals surface area contributed by atoms with E-state index in [1.807, 2.05) is 0 Å². The number of hydrogen-bond donors (Lipinski definition) is 1. The second-order valence-electron chi connectivity index (χ2n) is 6.42. The predicted octanol–water partition coefficient (Wildman–Crippen LogP) is 6.30. The number of rotatable bonds is 5. The monoisotopic (exact) mass is 498 g/mol. The summed E-state index contributed by atoms with van der Waals surface area (Å²) in [6, 6.07) is 8.52. The van der Waals surface area contributed by atoms with E-state index >= 15 is 0 Å². The van der Waals surface area contributed by atoms with Gasteiger partial charge in [-0.15, -0.1) is 0 Å². The minimum Gasteiger partial charge on any atom is -0.324 e. The number of fused-ring (bicyclic) bond motifs is 1. The Kier molecular flexibility index (Phi) is 6.31. The van der Waals surface area contributed by atoms with E-state index < -0.39 is 17.6 Å². The first-order valence-corrected chi connectivity index (χ1v) is 11.0. The summed E-state index contributed by atoms with van der Waals surface area (Å²) in [5.74, 6) is -1.04. The van der Waals surface area contributed by atoms with Gasteiger partial charge in [0.15, 0.2) is 0 Å². The number of benzene rings is 2. The van der Waals surface area contributed by atoms with Gasteiger partial charge in [-0.3, -0.25) is 4.79 Å². The first-order chi connectivity index (χ1) is 15.2. The molecule has 0 atom stereocenters. The molecule has 0 aliphatic carbocycles. The lowest BCUT2D eigenvalue weighted by molar-refractivity contribution is -0.137. The predicted molar refractivity (Wildman–Crippen MR) is 116 cm³/mol. The number of carbonyl (C=O) groups excluding carboxylic acids is 1. The lowest BCUT2D eigenvalue weighted by atomic mass is 10.1. The molecule has 0 bridgehead atoms. The van der Waals surface area contributed by atoms with Crippen LogP contribution in [0.5, 0.6) is 0 Å². The molecule has 1 amide bonds. The van der Waals surface area contributed by atoms with Crippen LogP contribution in [-0.4, -0.2) is 26.0 Å². The summed E-state index contributed by atoms with van der Waals surface area (Å²) in [5.41, 5.74) is 0.760. The fraction of sp³-hybridized carbons (Fsp3) is 0.100. The molecule has 0 aliphatic heterocycles. The zero-order valence-electron chi connectivity index (χ0n) is 15.8. The average Bonchev–Trinajstić information content (AvgIpc) is 3.18. The van der Waals surface area contributed by atoms with Crippen molar-refractivity contribution in [1.29, 1.82) is 0 Å². The summed E-state index contributed by atoms with van der Waals surface area (Å²) in [6.45, 7) is 0. The molecule has 0 saturated heterocycles. The van der Waals surface area contributed by atoms with E-state index in [0.29, 0.717) is 26.5 Å². The van der Waals surface area contributed by atoms with Crippen LogP contribution in [0.4, 0.5) is 23.2 Å². The van der Waals surface area contributed by atoms with Gasteiger partial charge in [0.2, 0.25) is 5.91 Å². The van der Waals surface area contributed by atoms with Crippen molar-refractivity contribution in [3.63, 3.8) is 0 Å². The molecule has 0 fully saturated rings. The third-order valence-corrected chi connectivity index (χ3v) is 6.54. The molecule has 164 valence electrons. The van der Waals surface area contributed by atoms with Crippen LogP contribution >= 0.6 is 34.9 Å². The molecule has 0 spiro atoms. The number of anilines is 1. The first-order valence-electron chi connectivity index (χ1n) is 8.88. The summed E-state index contributed by atoms with van der Waals surface area (Å²) in [5, 5.41) is 2.88. The number of thioether (sulfide) groups is 1. The number of nitrogens with zero attached hydrogens (tertiary/aromatic N) is 3. The van der Waals surface area contributed by atoms with E-state index in [9.17, 15) is 22.4 Å². The van der Waals surface area contributed by atoms with Crippen molar-refractivity contribution in [3.8, 4) is 11.3 Å². The van der Waals surface area contributed by atoms with Gasteiger partial charge < -0.3 is 5.32 Å². The summed E-state index contributed by atoms with van der Waals surface area (Å²) in [7, 11) is 0.